The molecule has 0 fully saturated rings. The molecule has 0 aliphatic heterocycles. The van der Waals surface area contributed by atoms with E-state index in [0.29, 0.717) is 6.42 Å². The van der Waals surface area contributed by atoms with Crippen molar-refractivity contribution in [3.05, 3.63) is 12.2 Å². The van der Waals surface area contributed by atoms with Crippen molar-refractivity contribution >= 4 is 26.2 Å². The molecule has 0 unspecified atom stereocenters. The Balaban J connectivity index is -0.000000326. The van der Waals surface area contributed by atoms with Crippen LogP contribution in [0.1, 0.15) is 98.2 Å². The Labute approximate surface area is 208 Å². The number of unbranched alkanes of at least 4 members (excludes halogenated alkanes) is 11. The van der Waals surface area contributed by atoms with Crippen LogP contribution in [-0.4, -0.2) is 29.9 Å². The molecule has 0 spiro atoms. The van der Waals surface area contributed by atoms with Crippen LogP contribution in [0.25, 0.3) is 0 Å². The number of carbonyl (C=O) groups is 1. The van der Waals surface area contributed by atoms with E-state index in [0.717, 1.165) is 32.1 Å². The largest absolute Gasteiger partial charge is 1.00 e. The second kappa shape index (κ2) is 28.6. The Morgan fingerprint density at radius 2 is 1.28 bits per heavy atom. The second-order valence-electron chi connectivity index (χ2n) is 6.79. The molecule has 0 aliphatic carbocycles. The van der Waals surface area contributed by atoms with E-state index in [-0.39, 0.29) is 49.8 Å². The van der Waals surface area contributed by atoms with Gasteiger partial charge in [-0.25, -0.2) is 4.57 Å². The van der Waals surface area contributed by atoms with Crippen LogP contribution in [0.4, 0.5) is 0 Å². The maximum Gasteiger partial charge on any atom is 1.00 e. The quantitative estimate of drug-likeness (QED) is 0.140. The molecule has 0 radical (unpaired) electrons. The minimum absolute atomic E-state index is 0. The summed E-state index contributed by atoms with van der Waals surface area (Å²) in [6, 6.07) is 0. The van der Waals surface area contributed by atoms with Gasteiger partial charge in [-0.3, -0.25) is 14.6 Å². The van der Waals surface area contributed by atoms with Crippen LogP contribution < -0.4 is 34.9 Å². The molecule has 0 bridgehead atoms. The fraction of sp³-hybridized carbons (Fsp3) is 0.850. The van der Waals surface area contributed by atoms with Crippen LogP contribution in [0.3, 0.4) is 0 Å². The first-order valence-electron chi connectivity index (χ1n) is 10.4. The summed E-state index contributed by atoms with van der Waals surface area (Å²) in [5, 5.41) is 2.75. The molecule has 9 heteroatoms. The first-order chi connectivity index (χ1) is 12.9. The molecule has 0 aromatic rings. The van der Waals surface area contributed by atoms with Gasteiger partial charge in [-0.15, -0.1) is 12.4 Å². The van der Waals surface area contributed by atoms with Gasteiger partial charge in [0, 0.05) is 6.42 Å². The zero-order valence-electron chi connectivity index (χ0n) is 20.0. The molecule has 0 aromatic carbocycles. The van der Waals surface area contributed by atoms with Crippen LogP contribution >= 0.6 is 20.2 Å². The summed E-state index contributed by atoms with van der Waals surface area (Å²) in [6.45, 7) is 2.24. The molecule has 3 N–H and O–H groups in total. The molecule has 0 amide bonds. The summed E-state index contributed by atoms with van der Waals surface area (Å²) in [7, 11) is -0.919. The first-order valence-corrected chi connectivity index (χ1v) is 11.9. The Morgan fingerprint density at radius 1 is 0.897 bits per heavy atom. The SMILES string of the molecule is CCCCCCCC/C=C\CCCCCCCC(=O)OP(=O)(O)O.CNC.Cl.[H-].[Na+]. The van der Waals surface area contributed by atoms with E-state index in [9.17, 15) is 9.36 Å². The monoisotopic (exact) mass is 467 g/mol. The fourth-order valence-corrected chi connectivity index (χ4v) is 2.87. The van der Waals surface area contributed by atoms with E-state index in [1.807, 2.05) is 14.1 Å². The van der Waals surface area contributed by atoms with Gasteiger partial charge in [0.1, 0.15) is 0 Å². The number of phosphoric ester groups is 1. The average Bonchev–Trinajstić information content (AvgIpc) is 2.57. The van der Waals surface area contributed by atoms with Gasteiger partial charge < -0.3 is 11.3 Å². The summed E-state index contributed by atoms with van der Waals surface area (Å²) in [5.41, 5.74) is 0. The molecular formula is C20H44ClNNaO5P. The maximum atomic E-state index is 11.1. The van der Waals surface area contributed by atoms with Gasteiger partial charge >= 0.3 is 43.3 Å². The molecule has 0 atom stereocenters. The molecule has 6 nitrogen and oxygen atoms in total. The Morgan fingerprint density at radius 3 is 1.69 bits per heavy atom. The van der Waals surface area contributed by atoms with Crippen molar-refractivity contribution in [2.75, 3.05) is 14.1 Å². The minimum atomic E-state index is -4.67. The molecular weight excluding hydrogens is 424 g/mol. The van der Waals surface area contributed by atoms with E-state index in [2.05, 4.69) is 28.9 Å². The summed E-state index contributed by atoms with van der Waals surface area (Å²) in [4.78, 5) is 28.0. The van der Waals surface area contributed by atoms with E-state index in [1.54, 1.807) is 0 Å². The van der Waals surface area contributed by atoms with Gasteiger partial charge in [-0.05, 0) is 46.2 Å². The third-order valence-corrected chi connectivity index (χ3v) is 4.30. The van der Waals surface area contributed by atoms with Crippen molar-refractivity contribution in [2.45, 2.75) is 96.8 Å². The van der Waals surface area contributed by atoms with Gasteiger partial charge in [0.2, 0.25) is 0 Å². The smallest absolute Gasteiger partial charge is 1.00 e. The summed E-state index contributed by atoms with van der Waals surface area (Å²) in [6.07, 6.45) is 19.8. The van der Waals surface area contributed by atoms with Crippen molar-refractivity contribution in [3.8, 4) is 0 Å². The first kappa shape index (κ1) is 37.0. The van der Waals surface area contributed by atoms with Gasteiger partial charge in [-0.2, -0.15) is 0 Å². The molecule has 0 heterocycles. The van der Waals surface area contributed by atoms with Gasteiger partial charge in [-0.1, -0.05) is 70.4 Å². The van der Waals surface area contributed by atoms with Crippen molar-refractivity contribution in [2.24, 2.45) is 0 Å². The zero-order chi connectivity index (χ0) is 20.8. The average molecular weight is 468 g/mol. The number of allylic oxidation sites excluding steroid dienone is 2. The predicted molar refractivity (Wildman–Crippen MR) is 121 cm³/mol. The summed E-state index contributed by atoms with van der Waals surface area (Å²) >= 11 is 0. The molecule has 29 heavy (non-hydrogen) atoms. The minimum Gasteiger partial charge on any atom is -1.00 e. The van der Waals surface area contributed by atoms with Crippen LogP contribution in [0, 0.1) is 0 Å². The number of rotatable bonds is 16. The van der Waals surface area contributed by atoms with Crippen molar-refractivity contribution in [3.63, 3.8) is 0 Å². The van der Waals surface area contributed by atoms with Crippen LogP contribution in [0.2, 0.25) is 0 Å². The third-order valence-electron chi connectivity index (χ3n) is 3.86. The van der Waals surface area contributed by atoms with Gasteiger partial charge in [0.05, 0.1) is 0 Å². The summed E-state index contributed by atoms with van der Waals surface area (Å²) in [5.74, 6) is -0.819. The van der Waals surface area contributed by atoms with E-state index >= 15 is 0 Å². The van der Waals surface area contributed by atoms with Crippen molar-refractivity contribution in [1.29, 1.82) is 0 Å². The fourth-order valence-electron chi connectivity index (χ4n) is 2.52. The third kappa shape index (κ3) is 39.6. The Hall–Kier alpha value is 0.610. The van der Waals surface area contributed by atoms with E-state index in [1.165, 1.54) is 44.9 Å². The van der Waals surface area contributed by atoms with Gasteiger partial charge in [0.15, 0.2) is 0 Å². The standard InChI is InChI=1S/C18H35O5P.C2H7N.ClH.Na.H/c1-2-3-4-5-6-7-8-9-10-11-12-13-14-15-16-17-18(19)23-24(20,21)22;1-3-2;;;/h9-10H,2-8,11-17H2,1H3,(H2,20,21,22);3H,1-2H3;1H;;/q;;;+1;-1/b10-9-;;;;. The van der Waals surface area contributed by atoms with Crippen molar-refractivity contribution < 1.29 is 54.7 Å². The molecule has 0 aromatic heterocycles. The Bertz CT molecular complexity index is 415. The summed E-state index contributed by atoms with van der Waals surface area (Å²) < 4.78 is 14.4. The van der Waals surface area contributed by atoms with E-state index < -0.39 is 13.8 Å². The number of hydrogen-bond donors (Lipinski definition) is 3. The predicted octanol–water partition coefficient (Wildman–Crippen LogP) is 3.03. The van der Waals surface area contributed by atoms with E-state index in [4.69, 9.17) is 9.79 Å². The topological polar surface area (TPSA) is 95.9 Å². The van der Waals surface area contributed by atoms with Gasteiger partial charge in [0.25, 0.3) is 0 Å². The molecule has 0 saturated carbocycles. The molecule has 172 valence electrons. The van der Waals surface area contributed by atoms with Crippen LogP contribution in [0.5, 0.6) is 0 Å². The number of phosphoric acid groups is 1. The Kier molecular flexibility index (Phi) is 36.5. The van der Waals surface area contributed by atoms with Crippen molar-refractivity contribution in [1.82, 2.24) is 5.32 Å². The zero-order valence-corrected chi connectivity index (χ0v) is 22.7. The molecule has 0 aliphatic rings. The molecule has 0 saturated heterocycles. The number of carbonyl (C=O) groups excluding carboxylic acids is 1. The van der Waals surface area contributed by atoms with Crippen LogP contribution in [0.15, 0.2) is 12.2 Å². The number of halogens is 1. The number of nitrogens with one attached hydrogen (secondary N) is 1. The normalized spacial score (nSPS) is 10.5. The van der Waals surface area contributed by atoms with Crippen LogP contribution in [-0.2, 0) is 13.9 Å². The number of hydrogen-bond acceptors (Lipinski definition) is 4. The molecule has 0 rings (SSSR count). The maximum absolute atomic E-state index is 11.1. The second-order valence-corrected chi connectivity index (χ2v) is 7.95.